The van der Waals surface area contributed by atoms with Crippen LogP contribution in [0.4, 0.5) is 5.69 Å². The Kier molecular flexibility index (Phi) is 5.03. The van der Waals surface area contributed by atoms with Crippen LogP contribution in [0.2, 0.25) is 0 Å². The molecule has 1 saturated heterocycles. The van der Waals surface area contributed by atoms with Gasteiger partial charge < -0.3 is 19.4 Å². The number of methoxy groups -OCH3 is 1. The summed E-state index contributed by atoms with van der Waals surface area (Å²) in [5.74, 6) is 0.995. The first kappa shape index (κ1) is 17.9. The molecule has 5 nitrogen and oxygen atoms in total. The van der Waals surface area contributed by atoms with E-state index in [1.165, 1.54) is 16.8 Å². The van der Waals surface area contributed by atoms with Gasteiger partial charge in [-0.1, -0.05) is 6.07 Å². The maximum Gasteiger partial charge on any atom is 0.254 e. The predicted octanol–water partition coefficient (Wildman–Crippen LogP) is 2.65. The van der Waals surface area contributed by atoms with Crippen molar-refractivity contribution < 1.29 is 9.53 Å². The number of nitrogens with zero attached hydrogens (tertiary/aromatic N) is 3. The predicted molar refractivity (Wildman–Crippen MR) is 108 cm³/mol. The van der Waals surface area contributed by atoms with Gasteiger partial charge in [0.2, 0.25) is 0 Å². The SMILES string of the molecule is COc1ccc2c(c1)CCN(C(=O)c1ccc(N3CCN(C)CC3)cc1)C2. The van der Waals surface area contributed by atoms with E-state index in [9.17, 15) is 4.79 Å². The fourth-order valence-electron chi connectivity index (χ4n) is 3.89. The molecule has 27 heavy (non-hydrogen) atoms. The number of carbonyl (C=O) groups excluding carboxylic acids is 1. The number of ether oxygens (including phenoxy) is 1. The van der Waals surface area contributed by atoms with Crippen LogP contribution < -0.4 is 9.64 Å². The topological polar surface area (TPSA) is 36.0 Å². The molecule has 0 saturated carbocycles. The Morgan fingerprint density at radius 3 is 2.37 bits per heavy atom. The van der Waals surface area contributed by atoms with Crippen LogP contribution in [0, 0.1) is 0 Å². The van der Waals surface area contributed by atoms with Crippen LogP contribution in [0.5, 0.6) is 5.75 Å². The molecular weight excluding hydrogens is 338 g/mol. The van der Waals surface area contributed by atoms with E-state index in [-0.39, 0.29) is 5.91 Å². The van der Waals surface area contributed by atoms with E-state index in [0.29, 0.717) is 6.54 Å². The average Bonchev–Trinajstić information content (AvgIpc) is 2.73. The number of carbonyl (C=O) groups is 1. The van der Waals surface area contributed by atoms with E-state index >= 15 is 0 Å². The molecule has 4 rings (SSSR count). The molecule has 2 heterocycles. The maximum atomic E-state index is 12.9. The lowest BCUT2D eigenvalue weighted by molar-refractivity contribution is 0.0734. The summed E-state index contributed by atoms with van der Waals surface area (Å²) in [4.78, 5) is 19.6. The highest BCUT2D eigenvalue weighted by molar-refractivity contribution is 5.94. The van der Waals surface area contributed by atoms with E-state index in [2.05, 4.69) is 41.1 Å². The summed E-state index contributed by atoms with van der Waals surface area (Å²) in [7, 11) is 3.85. The second kappa shape index (κ2) is 7.61. The van der Waals surface area contributed by atoms with Crippen molar-refractivity contribution in [2.45, 2.75) is 13.0 Å². The lowest BCUT2D eigenvalue weighted by atomic mass is 9.98. The molecule has 0 aromatic heterocycles. The molecule has 1 fully saturated rings. The minimum Gasteiger partial charge on any atom is -0.497 e. The summed E-state index contributed by atoms with van der Waals surface area (Å²) in [6.07, 6.45) is 0.873. The van der Waals surface area contributed by atoms with Crippen LogP contribution in [-0.2, 0) is 13.0 Å². The van der Waals surface area contributed by atoms with Gasteiger partial charge in [0, 0.05) is 50.5 Å². The molecule has 1 amide bonds. The third-order valence-corrected chi connectivity index (χ3v) is 5.70. The van der Waals surface area contributed by atoms with Crippen molar-refractivity contribution in [3.05, 3.63) is 59.2 Å². The lowest BCUT2D eigenvalue weighted by Crippen LogP contribution is -2.44. The van der Waals surface area contributed by atoms with Crippen LogP contribution >= 0.6 is 0 Å². The number of piperazine rings is 1. The van der Waals surface area contributed by atoms with Crippen molar-refractivity contribution in [3.63, 3.8) is 0 Å². The molecule has 0 spiro atoms. The third-order valence-electron chi connectivity index (χ3n) is 5.70. The van der Waals surface area contributed by atoms with E-state index in [1.807, 2.05) is 23.1 Å². The van der Waals surface area contributed by atoms with Crippen molar-refractivity contribution in [1.82, 2.24) is 9.80 Å². The number of hydrogen-bond donors (Lipinski definition) is 0. The van der Waals surface area contributed by atoms with Crippen molar-refractivity contribution in [2.75, 3.05) is 51.8 Å². The molecule has 0 unspecified atom stereocenters. The number of likely N-dealkylation sites (N-methyl/N-ethyl adjacent to an activating group) is 1. The lowest BCUT2D eigenvalue weighted by Gasteiger charge is -2.34. The monoisotopic (exact) mass is 365 g/mol. The molecule has 2 aliphatic heterocycles. The molecule has 2 aromatic carbocycles. The minimum absolute atomic E-state index is 0.112. The smallest absolute Gasteiger partial charge is 0.254 e. The number of anilines is 1. The molecule has 0 atom stereocenters. The third kappa shape index (κ3) is 3.78. The maximum absolute atomic E-state index is 12.9. The van der Waals surface area contributed by atoms with Crippen LogP contribution in [0.1, 0.15) is 21.5 Å². The summed E-state index contributed by atoms with van der Waals surface area (Å²) >= 11 is 0. The molecule has 5 heteroatoms. The van der Waals surface area contributed by atoms with Crippen LogP contribution in [0.25, 0.3) is 0 Å². The Bertz CT molecular complexity index is 811. The zero-order chi connectivity index (χ0) is 18.8. The van der Waals surface area contributed by atoms with Crippen molar-refractivity contribution in [1.29, 1.82) is 0 Å². The Balaban J connectivity index is 1.43. The van der Waals surface area contributed by atoms with Gasteiger partial charge >= 0.3 is 0 Å². The number of rotatable bonds is 3. The van der Waals surface area contributed by atoms with Gasteiger partial charge in [0.05, 0.1) is 7.11 Å². The van der Waals surface area contributed by atoms with Gasteiger partial charge in [0.1, 0.15) is 5.75 Å². The first-order valence-electron chi connectivity index (χ1n) is 9.62. The summed E-state index contributed by atoms with van der Waals surface area (Å²) in [6, 6.07) is 14.2. The van der Waals surface area contributed by atoms with Crippen LogP contribution in [-0.4, -0.2) is 62.6 Å². The Morgan fingerprint density at radius 2 is 1.67 bits per heavy atom. The van der Waals surface area contributed by atoms with Gasteiger partial charge in [-0.25, -0.2) is 0 Å². The molecule has 0 aliphatic carbocycles. The second-order valence-corrected chi connectivity index (χ2v) is 7.45. The number of hydrogen-bond acceptors (Lipinski definition) is 4. The van der Waals surface area contributed by atoms with Crippen LogP contribution in [0.3, 0.4) is 0 Å². The summed E-state index contributed by atoms with van der Waals surface area (Å²) < 4.78 is 5.30. The fraction of sp³-hybridized carbons (Fsp3) is 0.409. The summed E-state index contributed by atoms with van der Waals surface area (Å²) in [5.41, 5.74) is 4.47. The molecular formula is C22H27N3O2. The van der Waals surface area contributed by atoms with Crippen molar-refractivity contribution in [3.8, 4) is 5.75 Å². The Morgan fingerprint density at radius 1 is 0.926 bits per heavy atom. The molecule has 0 radical (unpaired) electrons. The van der Waals surface area contributed by atoms with Gasteiger partial charge in [-0.05, 0) is 61.0 Å². The first-order chi connectivity index (χ1) is 13.1. The quantitative estimate of drug-likeness (QED) is 0.838. The largest absolute Gasteiger partial charge is 0.497 e. The Hall–Kier alpha value is -2.53. The van der Waals surface area contributed by atoms with Gasteiger partial charge in [-0.2, -0.15) is 0 Å². The van der Waals surface area contributed by atoms with E-state index < -0.39 is 0 Å². The van der Waals surface area contributed by atoms with Crippen molar-refractivity contribution in [2.24, 2.45) is 0 Å². The zero-order valence-corrected chi connectivity index (χ0v) is 16.1. The second-order valence-electron chi connectivity index (χ2n) is 7.45. The highest BCUT2D eigenvalue weighted by Crippen LogP contribution is 2.25. The standard InChI is InChI=1S/C22H27N3O2/c1-23-11-13-24(14-12-23)20-6-3-17(4-7-20)22(26)25-10-9-18-15-21(27-2)8-5-19(18)16-25/h3-8,15H,9-14,16H2,1-2H3. The van der Waals surface area contributed by atoms with E-state index in [0.717, 1.165) is 50.5 Å². The normalized spacial score (nSPS) is 17.6. The average molecular weight is 365 g/mol. The fourth-order valence-corrected chi connectivity index (χ4v) is 3.89. The summed E-state index contributed by atoms with van der Waals surface area (Å²) in [5, 5.41) is 0. The molecule has 142 valence electrons. The zero-order valence-electron chi connectivity index (χ0n) is 16.1. The van der Waals surface area contributed by atoms with Gasteiger partial charge in [0.25, 0.3) is 5.91 Å². The molecule has 0 N–H and O–H groups in total. The summed E-state index contributed by atoms with van der Waals surface area (Å²) in [6.45, 7) is 5.65. The van der Waals surface area contributed by atoms with E-state index in [1.54, 1.807) is 7.11 Å². The van der Waals surface area contributed by atoms with Gasteiger partial charge in [-0.15, -0.1) is 0 Å². The number of amides is 1. The number of fused-ring (bicyclic) bond motifs is 1. The van der Waals surface area contributed by atoms with E-state index in [4.69, 9.17) is 4.74 Å². The molecule has 2 aromatic rings. The van der Waals surface area contributed by atoms with Crippen molar-refractivity contribution >= 4 is 11.6 Å². The van der Waals surface area contributed by atoms with Gasteiger partial charge in [0.15, 0.2) is 0 Å². The van der Waals surface area contributed by atoms with Gasteiger partial charge in [-0.3, -0.25) is 4.79 Å². The highest BCUT2D eigenvalue weighted by Gasteiger charge is 2.22. The molecule has 0 bridgehead atoms. The minimum atomic E-state index is 0.112. The number of benzene rings is 2. The highest BCUT2D eigenvalue weighted by atomic mass is 16.5. The Labute approximate surface area is 161 Å². The van der Waals surface area contributed by atoms with Crippen LogP contribution in [0.15, 0.2) is 42.5 Å². The first-order valence-corrected chi connectivity index (χ1v) is 9.62. The molecule has 2 aliphatic rings.